The highest BCUT2D eigenvalue weighted by molar-refractivity contribution is 7.17. The van der Waals surface area contributed by atoms with Crippen LogP contribution in [0.3, 0.4) is 0 Å². The fraction of sp³-hybridized carbons (Fsp3) is 0.192. The van der Waals surface area contributed by atoms with E-state index in [9.17, 15) is 13.6 Å². The van der Waals surface area contributed by atoms with Gasteiger partial charge in [-0.1, -0.05) is 18.7 Å². The predicted molar refractivity (Wildman–Crippen MR) is 130 cm³/mol. The Labute approximate surface area is 200 Å². The van der Waals surface area contributed by atoms with Crippen LogP contribution in [0.4, 0.5) is 8.78 Å². The number of fused-ring (bicyclic) bond motifs is 3. The van der Waals surface area contributed by atoms with Crippen LogP contribution < -0.4 is 10.1 Å². The van der Waals surface area contributed by atoms with Crippen LogP contribution in [0.5, 0.6) is 5.88 Å². The van der Waals surface area contributed by atoms with Gasteiger partial charge in [-0.3, -0.25) is 4.79 Å². The SMILES string of the molecule is C=C/C(F)=C(NC(=O)c1nc2c(s1)-c1cc(-c3ccnc(OC)c3)ccc1CCC2)\C(F)=C/C. The second-order valence-corrected chi connectivity index (χ2v) is 8.62. The van der Waals surface area contributed by atoms with E-state index in [1.165, 1.54) is 18.3 Å². The molecule has 4 rings (SSSR count). The molecule has 34 heavy (non-hydrogen) atoms. The summed E-state index contributed by atoms with van der Waals surface area (Å²) in [4.78, 5) is 22.4. The minimum absolute atomic E-state index is 0.145. The molecule has 5 nitrogen and oxygen atoms in total. The lowest BCUT2D eigenvalue weighted by Crippen LogP contribution is -2.24. The molecule has 2 aromatic heterocycles. The second kappa shape index (κ2) is 10.1. The van der Waals surface area contributed by atoms with Gasteiger partial charge < -0.3 is 10.1 Å². The fourth-order valence-corrected chi connectivity index (χ4v) is 4.87. The highest BCUT2D eigenvalue weighted by Crippen LogP contribution is 2.39. The van der Waals surface area contributed by atoms with Crippen molar-refractivity contribution in [2.24, 2.45) is 0 Å². The molecule has 0 fully saturated rings. The Bertz CT molecular complexity index is 1330. The molecular formula is C26H23F2N3O2S. The zero-order valence-corrected chi connectivity index (χ0v) is 19.6. The first kappa shape index (κ1) is 23.5. The van der Waals surface area contributed by atoms with Gasteiger partial charge in [0.1, 0.15) is 17.4 Å². The number of nitrogens with zero attached hydrogens (tertiary/aromatic N) is 2. The molecule has 0 saturated heterocycles. The average Bonchev–Trinajstić information content (AvgIpc) is 3.23. The summed E-state index contributed by atoms with van der Waals surface area (Å²) in [6, 6.07) is 10.0. The molecule has 1 aliphatic carbocycles. The van der Waals surface area contributed by atoms with Gasteiger partial charge in [0.15, 0.2) is 5.01 Å². The minimum Gasteiger partial charge on any atom is -0.481 e. The van der Waals surface area contributed by atoms with Crippen LogP contribution in [0, 0.1) is 0 Å². The van der Waals surface area contributed by atoms with Gasteiger partial charge in [-0.2, -0.15) is 0 Å². The van der Waals surface area contributed by atoms with Gasteiger partial charge in [-0.15, -0.1) is 11.3 Å². The molecule has 0 bridgehead atoms. The summed E-state index contributed by atoms with van der Waals surface area (Å²) in [5.74, 6) is -1.98. The van der Waals surface area contributed by atoms with Crippen LogP contribution in [0.15, 0.2) is 72.6 Å². The van der Waals surface area contributed by atoms with E-state index in [-0.39, 0.29) is 5.01 Å². The first-order valence-electron chi connectivity index (χ1n) is 10.7. The number of hydrogen-bond donors (Lipinski definition) is 1. The number of thiazole rings is 1. The summed E-state index contributed by atoms with van der Waals surface area (Å²) >= 11 is 1.22. The average molecular weight is 480 g/mol. The number of hydrogen-bond acceptors (Lipinski definition) is 5. The van der Waals surface area contributed by atoms with Crippen LogP contribution in [0.25, 0.3) is 21.6 Å². The van der Waals surface area contributed by atoms with Crippen LogP contribution in [-0.2, 0) is 12.8 Å². The Morgan fingerprint density at radius 1 is 1.21 bits per heavy atom. The van der Waals surface area contributed by atoms with Crippen molar-refractivity contribution in [2.45, 2.75) is 26.2 Å². The maximum absolute atomic E-state index is 14.1. The summed E-state index contributed by atoms with van der Waals surface area (Å²) in [6.07, 6.45) is 6.10. The summed E-state index contributed by atoms with van der Waals surface area (Å²) in [7, 11) is 1.57. The first-order valence-corrected chi connectivity index (χ1v) is 11.6. The highest BCUT2D eigenvalue weighted by Gasteiger charge is 2.24. The molecule has 0 spiro atoms. The number of rotatable bonds is 6. The third-order valence-corrected chi connectivity index (χ3v) is 6.66. The van der Waals surface area contributed by atoms with Crippen LogP contribution in [0.1, 0.15) is 34.4 Å². The minimum atomic E-state index is -0.954. The fourth-order valence-electron chi connectivity index (χ4n) is 3.81. The summed E-state index contributed by atoms with van der Waals surface area (Å²) < 4.78 is 33.4. The van der Waals surface area contributed by atoms with Gasteiger partial charge in [0, 0.05) is 12.3 Å². The summed E-state index contributed by atoms with van der Waals surface area (Å²) in [5.41, 5.74) is 4.36. The van der Waals surface area contributed by atoms with Gasteiger partial charge in [0.05, 0.1) is 17.7 Å². The maximum atomic E-state index is 14.1. The smallest absolute Gasteiger partial charge is 0.284 e. The van der Waals surface area contributed by atoms with Crippen LogP contribution in [-0.4, -0.2) is 23.0 Å². The number of carbonyl (C=O) groups excluding carboxylic acids is 1. The standard InChI is InChI=1S/C26H23F2N3O2S/c1-4-19(27)23(20(28)5-2)31-25(32)26-30-21-8-6-7-15-9-10-16(13-18(15)24(21)34-26)17-11-12-29-22(14-17)33-3/h4-5,9-14H,1,6-8H2,2-3H3,(H,31,32)/b20-5+,23-19-. The lowest BCUT2D eigenvalue weighted by atomic mass is 9.97. The largest absolute Gasteiger partial charge is 0.481 e. The number of methoxy groups -OCH3 is 1. The number of pyridine rings is 1. The number of allylic oxidation sites excluding steroid dienone is 4. The molecule has 1 aromatic carbocycles. The Morgan fingerprint density at radius 3 is 2.74 bits per heavy atom. The molecule has 8 heteroatoms. The summed E-state index contributed by atoms with van der Waals surface area (Å²) in [6.45, 7) is 4.72. The molecule has 174 valence electrons. The molecule has 0 radical (unpaired) electrons. The van der Waals surface area contributed by atoms with Crippen molar-refractivity contribution in [2.75, 3.05) is 7.11 Å². The number of amides is 1. The third-order valence-electron chi connectivity index (χ3n) is 5.53. The number of benzene rings is 1. The zero-order chi connectivity index (χ0) is 24.2. The Kier molecular flexibility index (Phi) is 6.98. The molecule has 2 heterocycles. The lowest BCUT2D eigenvalue weighted by Gasteiger charge is -2.10. The van der Waals surface area contributed by atoms with Crippen molar-refractivity contribution in [1.29, 1.82) is 0 Å². The molecule has 0 unspecified atom stereocenters. The zero-order valence-electron chi connectivity index (χ0n) is 18.8. The first-order chi connectivity index (χ1) is 16.4. The number of nitrogens with one attached hydrogen (secondary N) is 1. The second-order valence-electron chi connectivity index (χ2n) is 7.62. The number of carbonyl (C=O) groups is 1. The lowest BCUT2D eigenvalue weighted by molar-refractivity contribution is 0.0963. The maximum Gasteiger partial charge on any atom is 0.284 e. The van der Waals surface area contributed by atoms with E-state index in [2.05, 4.69) is 40.1 Å². The van der Waals surface area contributed by atoms with Gasteiger partial charge in [-0.05, 0) is 72.7 Å². The van der Waals surface area contributed by atoms with Crippen LogP contribution in [0.2, 0.25) is 0 Å². The molecule has 1 amide bonds. The molecular weight excluding hydrogens is 456 g/mol. The van der Waals surface area contributed by atoms with Crippen LogP contribution >= 0.6 is 11.3 Å². The molecule has 0 atom stereocenters. The monoisotopic (exact) mass is 479 g/mol. The number of aryl methyl sites for hydroxylation is 2. The van der Waals surface area contributed by atoms with Crippen molar-refractivity contribution in [3.05, 3.63) is 88.9 Å². The Balaban J connectivity index is 1.73. The van der Waals surface area contributed by atoms with Gasteiger partial charge in [-0.25, -0.2) is 18.7 Å². The molecule has 1 N–H and O–H groups in total. The number of aromatic nitrogens is 2. The molecule has 3 aromatic rings. The molecule has 0 saturated carbocycles. The van der Waals surface area contributed by atoms with E-state index in [1.807, 2.05) is 12.1 Å². The topological polar surface area (TPSA) is 64.1 Å². The quantitative estimate of drug-likeness (QED) is 0.419. The van der Waals surface area contributed by atoms with Crippen molar-refractivity contribution in [1.82, 2.24) is 15.3 Å². The van der Waals surface area contributed by atoms with E-state index in [0.29, 0.717) is 12.3 Å². The Morgan fingerprint density at radius 2 is 2.00 bits per heavy atom. The predicted octanol–water partition coefficient (Wildman–Crippen LogP) is 6.34. The number of ether oxygens (including phenoxy) is 1. The van der Waals surface area contributed by atoms with Gasteiger partial charge in [0.2, 0.25) is 5.88 Å². The molecule has 1 aliphatic rings. The van der Waals surface area contributed by atoms with E-state index >= 15 is 0 Å². The van der Waals surface area contributed by atoms with Crippen molar-refractivity contribution in [3.63, 3.8) is 0 Å². The van der Waals surface area contributed by atoms with Crippen molar-refractivity contribution < 1.29 is 18.3 Å². The van der Waals surface area contributed by atoms with Gasteiger partial charge >= 0.3 is 0 Å². The van der Waals surface area contributed by atoms with E-state index < -0.39 is 23.3 Å². The molecule has 0 aliphatic heterocycles. The third kappa shape index (κ3) is 4.68. The van der Waals surface area contributed by atoms with E-state index in [4.69, 9.17) is 4.74 Å². The highest BCUT2D eigenvalue weighted by atomic mass is 32.1. The number of halogens is 2. The van der Waals surface area contributed by atoms with E-state index in [0.717, 1.165) is 57.8 Å². The van der Waals surface area contributed by atoms with Crippen molar-refractivity contribution >= 4 is 17.2 Å². The van der Waals surface area contributed by atoms with Gasteiger partial charge in [0.25, 0.3) is 5.91 Å². The Hall–Kier alpha value is -3.65. The summed E-state index contributed by atoms with van der Waals surface area (Å²) in [5, 5.41) is 2.46. The van der Waals surface area contributed by atoms with E-state index in [1.54, 1.807) is 13.3 Å². The normalized spacial score (nSPS) is 13.8. The van der Waals surface area contributed by atoms with Crippen molar-refractivity contribution in [3.8, 4) is 27.4 Å².